The SMILES string of the molecule is O=C1[C@@H]2[C@@H](N=NN2Cc2ccc(Cl)cc2)C(=O)N1c1ccc(F)cc1. The third kappa shape index (κ3) is 2.66. The van der Waals surface area contributed by atoms with Crippen LogP contribution in [0.4, 0.5) is 10.1 Å². The van der Waals surface area contributed by atoms with E-state index in [1.165, 1.54) is 29.3 Å². The van der Waals surface area contributed by atoms with Crippen molar-refractivity contribution in [3.8, 4) is 0 Å². The molecule has 2 atom stereocenters. The van der Waals surface area contributed by atoms with Crippen LogP contribution < -0.4 is 4.90 Å². The van der Waals surface area contributed by atoms with E-state index >= 15 is 0 Å². The minimum absolute atomic E-state index is 0.326. The molecule has 6 nitrogen and oxygen atoms in total. The normalized spacial score (nSPS) is 22.0. The number of benzene rings is 2. The third-order valence-electron chi connectivity index (χ3n) is 4.20. The Labute approximate surface area is 147 Å². The van der Waals surface area contributed by atoms with Gasteiger partial charge in [-0.1, -0.05) is 29.0 Å². The molecule has 2 aromatic rings. The Morgan fingerprint density at radius 1 is 1.00 bits per heavy atom. The highest BCUT2D eigenvalue weighted by Crippen LogP contribution is 2.32. The highest BCUT2D eigenvalue weighted by molar-refractivity contribution is 6.30. The fourth-order valence-corrected chi connectivity index (χ4v) is 3.10. The fourth-order valence-electron chi connectivity index (χ4n) is 2.98. The Morgan fingerprint density at radius 2 is 1.68 bits per heavy atom. The lowest BCUT2D eigenvalue weighted by Gasteiger charge is -2.20. The van der Waals surface area contributed by atoms with Crippen LogP contribution in [0.25, 0.3) is 0 Å². The van der Waals surface area contributed by atoms with Gasteiger partial charge in [0.25, 0.3) is 11.8 Å². The standard InChI is InChI=1S/C17H12ClFN4O2/c18-11-3-1-10(2-4-11)9-22-15-14(20-21-22)16(24)23(17(15)25)13-7-5-12(19)6-8-13/h1-8,14-15H,9H2/t14-,15+/m1/s1. The fraction of sp³-hybridized carbons (Fsp3) is 0.176. The molecule has 0 saturated carbocycles. The van der Waals surface area contributed by atoms with Crippen LogP contribution in [0.15, 0.2) is 58.9 Å². The number of imide groups is 1. The number of anilines is 1. The first-order valence-corrected chi connectivity index (χ1v) is 7.97. The van der Waals surface area contributed by atoms with E-state index < -0.39 is 29.7 Å². The Bertz CT molecular complexity index is 869. The minimum atomic E-state index is -0.871. The lowest BCUT2D eigenvalue weighted by Crippen LogP contribution is -2.39. The van der Waals surface area contributed by atoms with Crippen LogP contribution in [0.3, 0.4) is 0 Å². The molecule has 8 heteroatoms. The van der Waals surface area contributed by atoms with E-state index in [0.29, 0.717) is 17.3 Å². The zero-order valence-corrected chi connectivity index (χ0v) is 13.6. The van der Waals surface area contributed by atoms with Crippen molar-refractivity contribution in [2.75, 3.05) is 4.90 Å². The maximum absolute atomic E-state index is 13.1. The monoisotopic (exact) mass is 358 g/mol. The van der Waals surface area contributed by atoms with Crippen LogP contribution in [0.1, 0.15) is 5.56 Å². The topological polar surface area (TPSA) is 65.3 Å². The molecule has 2 heterocycles. The van der Waals surface area contributed by atoms with Gasteiger partial charge >= 0.3 is 0 Å². The highest BCUT2D eigenvalue weighted by Gasteiger charge is 2.54. The third-order valence-corrected chi connectivity index (χ3v) is 4.45. The van der Waals surface area contributed by atoms with Gasteiger partial charge in [0.15, 0.2) is 12.1 Å². The van der Waals surface area contributed by atoms with Crippen molar-refractivity contribution in [3.05, 3.63) is 64.9 Å². The van der Waals surface area contributed by atoms with E-state index in [0.717, 1.165) is 10.5 Å². The van der Waals surface area contributed by atoms with Gasteiger partial charge in [-0.15, -0.1) is 0 Å². The molecule has 0 unspecified atom stereocenters. The predicted molar refractivity (Wildman–Crippen MR) is 88.3 cm³/mol. The Hall–Kier alpha value is -2.80. The summed E-state index contributed by atoms with van der Waals surface area (Å²) in [4.78, 5) is 26.3. The van der Waals surface area contributed by atoms with Crippen LogP contribution in [-0.2, 0) is 16.1 Å². The molecular weight excluding hydrogens is 347 g/mol. The largest absolute Gasteiger partial charge is 0.271 e. The van der Waals surface area contributed by atoms with Gasteiger partial charge < -0.3 is 0 Å². The Kier molecular flexibility index (Phi) is 3.73. The number of amides is 2. The predicted octanol–water partition coefficient (Wildman–Crippen LogP) is 2.97. The van der Waals surface area contributed by atoms with Crippen LogP contribution >= 0.6 is 11.6 Å². The molecule has 2 aliphatic rings. The van der Waals surface area contributed by atoms with Gasteiger partial charge in [-0.25, -0.2) is 9.29 Å². The number of fused-ring (bicyclic) bond motifs is 1. The summed E-state index contributed by atoms with van der Waals surface area (Å²) in [5, 5.41) is 10.0. The Balaban J connectivity index is 1.59. The van der Waals surface area contributed by atoms with Gasteiger partial charge in [-0.2, -0.15) is 5.11 Å². The van der Waals surface area contributed by atoms with Gasteiger partial charge in [0, 0.05) is 5.02 Å². The summed E-state index contributed by atoms with van der Waals surface area (Å²) in [6.07, 6.45) is 0. The van der Waals surface area contributed by atoms with E-state index in [4.69, 9.17) is 11.6 Å². The van der Waals surface area contributed by atoms with Crippen molar-refractivity contribution < 1.29 is 14.0 Å². The quantitative estimate of drug-likeness (QED) is 0.792. The van der Waals surface area contributed by atoms with Crippen LogP contribution in [0.5, 0.6) is 0 Å². The second-order valence-corrected chi connectivity index (χ2v) is 6.24. The molecule has 0 spiro atoms. The van der Waals surface area contributed by atoms with Crippen molar-refractivity contribution >= 4 is 29.1 Å². The van der Waals surface area contributed by atoms with E-state index in [1.54, 1.807) is 12.1 Å². The number of hydrogen-bond donors (Lipinski definition) is 0. The number of halogens is 2. The van der Waals surface area contributed by atoms with Gasteiger partial charge in [-0.05, 0) is 42.0 Å². The molecule has 0 bridgehead atoms. The molecular formula is C17H12ClFN4O2. The summed E-state index contributed by atoms with van der Waals surface area (Å²) >= 11 is 5.87. The molecule has 0 N–H and O–H groups in total. The Morgan fingerprint density at radius 3 is 2.36 bits per heavy atom. The molecule has 126 valence electrons. The summed E-state index contributed by atoms with van der Waals surface area (Å²) in [5.74, 6) is -1.31. The molecule has 4 rings (SSSR count). The van der Waals surface area contributed by atoms with Crippen LogP contribution in [0, 0.1) is 5.82 Å². The minimum Gasteiger partial charge on any atom is -0.271 e. The first-order valence-electron chi connectivity index (χ1n) is 7.60. The van der Waals surface area contributed by atoms with Crippen molar-refractivity contribution in [2.24, 2.45) is 10.3 Å². The smallest absolute Gasteiger partial charge is 0.263 e. The van der Waals surface area contributed by atoms with E-state index in [1.807, 2.05) is 12.1 Å². The summed E-state index contributed by atoms with van der Waals surface area (Å²) in [6.45, 7) is 0.331. The molecule has 1 saturated heterocycles. The number of carbonyl (C=O) groups excluding carboxylic acids is 2. The molecule has 25 heavy (non-hydrogen) atoms. The second kappa shape index (κ2) is 5.93. The van der Waals surface area contributed by atoms with E-state index in [9.17, 15) is 14.0 Å². The van der Waals surface area contributed by atoms with Gasteiger partial charge in [0.2, 0.25) is 0 Å². The molecule has 0 aromatic heterocycles. The van der Waals surface area contributed by atoms with Crippen LogP contribution in [0.2, 0.25) is 5.02 Å². The van der Waals surface area contributed by atoms with Gasteiger partial charge in [0.05, 0.1) is 12.2 Å². The summed E-state index contributed by atoms with van der Waals surface area (Å²) in [6, 6.07) is 10.7. The lowest BCUT2D eigenvalue weighted by molar-refractivity contribution is -0.123. The van der Waals surface area contributed by atoms with E-state index in [2.05, 4.69) is 10.3 Å². The van der Waals surface area contributed by atoms with Crippen molar-refractivity contribution in [1.29, 1.82) is 0 Å². The number of nitrogens with zero attached hydrogens (tertiary/aromatic N) is 4. The zero-order chi connectivity index (χ0) is 17.6. The summed E-state index contributed by atoms with van der Waals surface area (Å²) in [5.41, 5.74) is 1.22. The summed E-state index contributed by atoms with van der Waals surface area (Å²) in [7, 11) is 0. The molecule has 1 fully saturated rings. The molecule has 2 aliphatic heterocycles. The van der Waals surface area contributed by atoms with Crippen molar-refractivity contribution in [2.45, 2.75) is 18.6 Å². The molecule has 0 aliphatic carbocycles. The molecule has 2 aromatic carbocycles. The highest BCUT2D eigenvalue weighted by atomic mass is 35.5. The second-order valence-electron chi connectivity index (χ2n) is 5.81. The number of carbonyl (C=O) groups is 2. The number of hydrogen-bond acceptors (Lipinski definition) is 5. The zero-order valence-electron chi connectivity index (χ0n) is 12.8. The van der Waals surface area contributed by atoms with Crippen LogP contribution in [-0.4, -0.2) is 28.9 Å². The van der Waals surface area contributed by atoms with E-state index in [-0.39, 0.29) is 0 Å². The first-order chi connectivity index (χ1) is 12.0. The average molecular weight is 359 g/mol. The first kappa shape index (κ1) is 15.7. The van der Waals surface area contributed by atoms with Gasteiger partial charge in [0.1, 0.15) is 5.82 Å². The number of rotatable bonds is 3. The maximum atomic E-state index is 13.1. The van der Waals surface area contributed by atoms with Gasteiger partial charge in [-0.3, -0.25) is 14.6 Å². The lowest BCUT2D eigenvalue weighted by atomic mass is 10.1. The van der Waals surface area contributed by atoms with Crippen molar-refractivity contribution in [3.63, 3.8) is 0 Å². The molecule has 2 amide bonds. The average Bonchev–Trinajstić information content (AvgIpc) is 3.12. The van der Waals surface area contributed by atoms with Crippen molar-refractivity contribution in [1.82, 2.24) is 5.01 Å². The molecule has 0 radical (unpaired) electrons. The maximum Gasteiger partial charge on any atom is 0.263 e. The summed E-state index contributed by atoms with van der Waals surface area (Å²) < 4.78 is 13.1.